The Morgan fingerprint density at radius 3 is 1.87 bits per heavy atom. The molecule has 0 fully saturated rings. The van der Waals surface area contributed by atoms with Crippen LogP contribution in [0.15, 0.2) is 150 Å². The quantitative estimate of drug-likeness (QED) is 0.193. The van der Waals surface area contributed by atoms with Gasteiger partial charge in [-0.15, -0.1) is 0 Å². The largest absolute Gasteiger partial charge is 0.436 e. The zero-order chi connectivity index (χ0) is 31.2. The van der Waals surface area contributed by atoms with Crippen molar-refractivity contribution < 1.29 is 4.42 Å². The lowest BCUT2D eigenvalue weighted by Crippen LogP contribution is -2.00. The highest BCUT2D eigenvalue weighted by Crippen LogP contribution is 2.38. The Morgan fingerprint density at radius 1 is 0.426 bits per heavy atom. The molecule has 0 aliphatic carbocycles. The number of benzene rings is 4. The molecular weight excluding hydrogens is 580 g/mol. The van der Waals surface area contributed by atoms with Crippen molar-refractivity contribution in [3.8, 4) is 56.4 Å². The Labute approximate surface area is 269 Å². The molecule has 9 aromatic rings. The fourth-order valence-electron chi connectivity index (χ4n) is 6.05. The van der Waals surface area contributed by atoms with E-state index in [2.05, 4.69) is 46.4 Å². The molecule has 4 aromatic carbocycles. The Hall–Kier alpha value is -6.60. The average molecular weight is 605 g/mol. The molecule has 0 aliphatic rings. The smallest absolute Gasteiger partial charge is 0.229 e. The molecule has 0 bridgehead atoms. The summed E-state index contributed by atoms with van der Waals surface area (Å²) >= 11 is 0. The summed E-state index contributed by atoms with van der Waals surface area (Å²) < 4.78 is 6.01. The third kappa shape index (κ3) is 4.78. The van der Waals surface area contributed by atoms with Gasteiger partial charge in [0.25, 0.3) is 0 Å². The van der Waals surface area contributed by atoms with Gasteiger partial charge in [0.05, 0.1) is 10.9 Å². The van der Waals surface area contributed by atoms with Crippen molar-refractivity contribution in [1.82, 2.24) is 29.9 Å². The summed E-state index contributed by atoms with van der Waals surface area (Å²) in [5.74, 6) is 1.87. The first kappa shape index (κ1) is 26.8. The van der Waals surface area contributed by atoms with E-state index in [0.29, 0.717) is 28.8 Å². The first-order chi connectivity index (χ1) is 23.3. The molecule has 7 heteroatoms. The lowest BCUT2D eigenvalue weighted by atomic mass is 9.97. The molecule has 0 saturated heterocycles. The van der Waals surface area contributed by atoms with Crippen molar-refractivity contribution in [1.29, 1.82) is 0 Å². The summed E-state index contributed by atoms with van der Waals surface area (Å²) in [7, 11) is 0. The van der Waals surface area contributed by atoms with E-state index in [1.165, 1.54) is 0 Å². The number of aromatic nitrogens is 6. The van der Waals surface area contributed by atoms with Crippen LogP contribution in [-0.4, -0.2) is 29.9 Å². The van der Waals surface area contributed by atoms with Crippen molar-refractivity contribution in [2.24, 2.45) is 0 Å². The van der Waals surface area contributed by atoms with Gasteiger partial charge in [-0.05, 0) is 35.9 Å². The number of rotatable bonds is 5. The molecule has 0 spiro atoms. The van der Waals surface area contributed by atoms with Gasteiger partial charge >= 0.3 is 0 Å². The summed E-state index contributed by atoms with van der Waals surface area (Å²) in [6.07, 6.45) is 5.47. The lowest BCUT2D eigenvalue weighted by Gasteiger charge is -2.11. The number of para-hydroxylation sites is 1. The standard InChI is InChI=1S/C40H24N6O/c1-3-10-25(11-4-1)37-44-38(26-12-5-2-6-13-26)46-39(45-37)29-16-7-14-27(22-29)30-23-28-15-8-17-32(35(28)43-24-30)31-19-21-42-40-34(31)36-33(47-40)18-9-20-41-36/h1-24H. The second-order valence-electron chi connectivity index (χ2n) is 11.2. The van der Waals surface area contributed by atoms with E-state index >= 15 is 0 Å². The van der Waals surface area contributed by atoms with E-state index in [1.807, 2.05) is 97.2 Å². The van der Waals surface area contributed by atoms with Gasteiger partial charge in [-0.2, -0.15) is 0 Å². The average Bonchev–Trinajstić information content (AvgIpc) is 3.54. The van der Waals surface area contributed by atoms with Crippen LogP contribution in [0, 0.1) is 0 Å². The molecule has 0 aliphatic heterocycles. The van der Waals surface area contributed by atoms with Crippen LogP contribution < -0.4 is 0 Å². The molecule has 5 heterocycles. The van der Waals surface area contributed by atoms with Gasteiger partial charge < -0.3 is 4.42 Å². The van der Waals surface area contributed by atoms with Crippen LogP contribution in [0.2, 0.25) is 0 Å². The minimum atomic E-state index is 0.561. The molecule has 0 N–H and O–H groups in total. The van der Waals surface area contributed by atoms with Crippen LogP contribution in [0.5, 0.6) is 0 Å². The number of hydrogen-bond donors (Lipinski definition) is 0. The molecule has 220 valence electrons. The van der Waals surface area contributed by atoms with Crippen molar-refractivity contribution in [3.63, 3.8) is 0 Å². The number of hydrogen-bond acceptors (Lipinski definition) is 7. The first-order valence-electron chi connectivity index (χ1n) is 15.3. The Bertz CT molecular complexity index is 2520. The molecule has 0 atom stereocenters. The maximum Gasteiger partial charge on any atom is 0.229 e. The van der Waals surface area contributed by atoms with Gasteiger partial charge in [0.15, 0.2) is 23.1 Å². The van der Waals surface area contributed by atoms with E-state index in [-0.39, 0.29) is 0 Å². The van der Waals surface area contributed by atoms with E-state index in [4.69, 9.17) is 24.4 Å². The van der Waals surface area contributed by atoms with Crippen LogP contribution >= 0.6 is 0 Å². The van der Waals surface area contributed by atoms with Gasteiger partial charge in [-0.1, -0.05) is 97.1 Å². The molecule has 0 amide bonds. The van der Waals surface area contributed by atoms with Crippen LogP contribution in [0.1, 0.15) is 0 Å². The van der Waals surface area contributed by atoms with Crippen molar-refractivity contribution in [2.45, 2.75) is 0 Å². The minimum absolute atomic E-state index is 0.561. The maximum atomic E-state index is 6.01. The highest BCUT2D eigenvalue weighted by molar-refractivity contribution is 6.12. The molecule has 5 aromatic heterocycles. The SMILES string of the molecule is c1ccc(-c2nc(-c3ccccc3)nc(-c3cccc(-c4cnc5c(-c6ccnc7oc8cccnc8c67)cccc5c4)c3)n2)cc1. The van der Waals surface area contributed by atoms with Crippen LogP contribution in [0.4, 0.5) is 0 Å². The lowest BCUT2D eigenvalue weighted by molar-refractivity contribution is 0.653. The predicted molar refractivity (Wildman–Crippen MR) is 185 cm³/mol. The molecule has 9 rings (SSSR count). The zero-order valence-electron chi connectivity index (χ0n) is 24.9. The zero-order valence-corrected chi connectivity index (χ0v) is 24.9. The monoisotopic (exact) mass is 604 g/mol. The normalized spacial score (nSPS) is 11.4. The summed E-state index contributed by atoms with van der Waals surface area (Å²) in [5, 5.41) is 1.91. The first-order valence-corrected chi connectivity index (χ1v) is 15.3. The van der Waals surface area contributed by atoms with E-state index in [9.17, 15) is 0 Å². The third-order valence-electron chi connectivity index (χ3n) is 8.28. The van der Waals surface area contributed by atoms with Crippen molar-refractivity contribution in [3.05, 3.63) is 146 Å². The Kier molecular flexibility index (Phi) is 6.31. The summed E-state index contributed by atoms with van der Waals surface area (Å²) in [6, 6.07) is 42.5. The number of furan rings is 1. The fraction of sp³-hybridized carbons (Fsp3) is 0. The highest BCUT2D eigenvalue weighted by atomic mass is 16.3. The summed E-state index contributed by atoms with van der Waals surface area (Å²) in [4.78, 5) is 28.7. The molecular formula is C40H24N6O. The predicted octanol–water partition coefficient (Wildman–Crippen LogP) is 9.44. The molecule has 0 unspecified atom stereocenters. The second kappa shape index (κ2) is 11.1. The van der Waals surface area contributed by atoms with Crippen LogP contribution in [0.3, 0.4) is 0 Å². The van der Waals surface area contributed by atoms with Gasteiger partial charge in [0.2, 0.25) is 5.71 Å². The molecule has 7 nitrogen and oxygen atoms in total. The topological polar surface area (TPSA) is 90.5 Å². The van der Waals surface area contributed by atoms with Crippen LogP contribution in [-0.2, 0) is 0 Å². The molecule has 0 radical (unpaired) electrons. The van der Waals surface area contributed by atoms with Crippen molar-refractivity contribution in [2.75, 3.05) is 0 Å². The van der Waals surface area contributed by atoms with Gasteiger partial charge in [-0.3, -0.25) is 9.97 Å². The van der Waals surface area contributed by atoms with E-state index < -0.39 is 0 Å². The number of pyridine rings is 3. The van der Waals surface area contributed by atoms with Gasteiger partial charge in [-0.25, -0.2) is 19.9 Å². The van der Waals surface area contributed by atoms with Gasteiger partial charge in [0, 0.05) is 57.4 Å². The van der Waals surface area contributed by atoms with E-state index in [1.54, 1.807) is 12.4 Å². The number of fused-ring (bicyclic) bond motifs is 4. The molecule has 0 saturated carbocycles. The highest BCUT2D eigenvalue weighted by Gasteiger charge is 2.17. The number of nitrogens with zero attached hydrogens (tertiary/aromatic N) is 6. The minimum Gasteiger partial charge on any atom is -0.436 e. The van der Waals surface area contributed by atoms with Crippen LogP contribution in [0.25, 0.3) is 89.5 Å². The summed E-state index contributed by atoms with van der Waals surface area (Å²) in [6.45, 7) is 0. The Balaban J connectivity index is 1.14. The maximum absolute atomic E-state index is 6.01. The van der Waals surface area contributed by atoms with E-state index in [0.717, 1.165) is 60.8 Å². The fourth-order valence-corrected chi connectivity index (χ4v) is 6.05. The van der Waals surface area contributed by atoms with Crippen molar-refractivity contribution >= 4 is 33.1 Å². The third-order valence-corrected chi connectivity index (χ3v) is 8.28. The Morgan fingerprint density at radius 2 is 1.11 bits per heavy atom. The summed E-state index contributed by atoms with van der Waals surface area (Å²) in [5.41, 5.74) is 9.71. The van der Waals surface area contributed by atoms with Gasteiger partial charge in [0.1, 0.15) is 5.52 Å². The molecule has 47 heavy (non-hydrogen) atoms. The second-order valence-corrected chi connectivity index (χ2v) is 11.2.